The Morgan fingerprint density at radius 1 is 1.16 bits per heavy atom. The van der Waals surface area contributed by atoms with Gasteiger partial charge in [0.2, 0.25) is 0 Å². The number of fused-ring (bicyclic) bond motifs is 1. The number of hydrogen-bond acceptors (Lipinski definition) is 5. The van der Waals surface area contributed by atoms with Crippen molar-refractivity contribution in [2.24, 2.45) is 5.92 Å². The van der Waals surface area contributed by atoms with Gasteiger partial charge in [0.25, 0.3) is 0 Å². The largest absolute Gasteiger partial charge is 0.481 e. The van der Waals surface area contributed by atoms with Crippen LogP contribution in [0.3, 0.4) is 0 Å². The second kappa shape index (κ2) is 6.16. The molecule has 4 rings (SSSR count). The molecule has 3 heterocycles. The van der Waals surface area contributed by atoms with E-state index in [-0.39, 0.29) is 5.92 Å². The van der Waals surface area contributed by atoms with Gasteiger partial charge in [-0.15, -0.1) is 0 Å². The molecule has 0 atom stereocenters. The summed E-state index contributed by atoms with van der Waals surface area (Å²) >= 11 is 0. The number of aryl methyl sites for hydroxylation is 1. The molecule has 0 aliphatic carbocycles. The van der Waals surface area contributed by atoms with Gasteiger partial charge in [0.05, 0.1) is 23.2 Å². The van der Waals surface area contributed by atoms with Crippen molar-refractivity contribution in [3.05, 3.63) is 42.4 Å². The van der Waals surface area contributed by atoms with E-state index in [9.17, 15) is 4.79 Å². The standard InChI is InChI=1S/C18H19N5O2/c1-12-2-4-14(5-3-12)23-17-15(10-21-23)16(19-11-20-17)22-8-6-13(7-9-22)18(24)25/h2-5,10-11,13H,6-9H2,1H3,(H,24,25). The van der Waals surface area contributed by atoms with Gasteiger partial charge in [-0.05, 0) is 31.9 Å². The maximum atomic E-state index is 11.1. The third-order valence-electron chi connectivity index (χ3n) is 4.77. The number of carbonyl (C=O) groups is 1. The topological polar surface area (TPSA) is 84.1 Å². The van der Waals surface area contributed by atoms with Gasteiger partial charge in [0, 0.05) is 13.1 Å². The monoisotopic (exact) mass is 337 g/mol. The first-order valence-corrected chi connectivity index (χ1v) is 8.37. The molecule has 7 heteroatoms. The summed E-state index contributed by atoms with van der Waals surface area (Å²) in [5.74, 6) is -0.143. The second-order valence-corrected chi connectivity index (χ2v) is 6.43. The fourth-order valence-electron chi connectivity index (χ4n) is 3.30. The van der Waals surface area contributed by atoms with E-state index < -0.39 is 5.97 Å². The normalized spacial score (nSPS) is 15.6. The van der Waals surface area contributed by atoms with E-state index in [4.69, 9.17) is 5.11 Å². The predicted octanol–water partition coefficient (Wildman–Crippen LogP) is 2.42. The maximum Gasteiger partial charge on any atom is 0.306 e. The molecule has 1 saturated heterocycles. The fraction of sp³-hybridized carbons (Fsp3) is 0.333. The first kappa shape index (κ1) is 15.6. The first-order valence-electron chi connectivity index (χ1n) is 8.37. The number of carboxylic acids is 1. The smallest absolute Gasteiger partial charge is 0.306 e. The molecule has 0 spiro atoms. The van der Waals surface area contributed by atoms with Gasteiger partial charge in [-0.25, -0.2) is 14.6 Å². The van der Waals surface area contributed by atoms with Crippen LogP contribution < -0.4 is 4.90 Å². The number of carboxylic acid groups (broad SMARTS) is 1. The van der Waals surface area contributed by atoms with Gasteiger partial charge in [-0.3, -0.25) is 4.79 Å². The summed E-state index contributed by atoms with van der Waals surface area (Å²) in [6.07, 6.45) is 4.60. The Kier molecular flexibility index (Phi) is 3.83. The average molecular weight is 337 g/mol. The van der Waals surface area contributed by atoms with Crippen molar-refractivity contribution in [3.63, 3.8) is 0 Å². The molecule has 1 aliphatic rings. The van der Waals surface area contributed by atoms with Crippen LogP contribution >= 0.6 is 0 Å². The molecule has 2 aromatic heterocycles. The summed E-state index contributed by atoms with van der Waals surface area (Å²) < 4.78 is 1.81. The van der Waals surface area contributed by atoms with Gasteiger partial charge >= 0.3 is 5.97 Å². The summed E-state index contributed by atoms with van der Waals surface area (Å²) in [5.41, 5.74) is 2.90. The molecule has 1 aromatic carbocycles. The fourth-order valence-corrected chi connectivity index (χ4v) is 3.30. The Balaban J connectivity index is 1.68. The minimum Gasteiger partial charge on any atom is -0.481 e. The van der Waals surface area contributed by atoms with Crippen LogP contribution in [-0.4, -0.2) is 43.9 Å². The Bertz CT molecular complexity index is 911. The molecule has 3 aromatic rings. The second-order valence-electron chi connectivity index (χ2n) is 6.43. The van der Waals surface area contributed by atoms with Gasteiger partial charge in [0.15, 0.2) is 5.65 Å². The molecule has 0 bridgehead atoms. The van der Waals surface area contributed by atoms with Crippen molar-refractivity contribution in [3.8, 4) is 5.69 Å². The van der Waals surface area contributed by atoms with E-state index in [1.807, 2.05) is 35.9 Å². The lowest BCUT2D eigenvalue weighted by atomic mass is 9.97. The summed E-state index contributed by atoms with van der Waals surface area (Å²) in [6, 6.07) is 8.12. The van der Waals surface area contributed by atoms with E-state index in [2.05, 4.69) is 20.0 Å². The predicted molar refractivity (Wildman–Crippen MR) is 94.0 cm³/mol. The van der Waals surface area contributed by atoms with Crippen molar-refractivity contribution < 1.29 is 9.90 Å². The lowest BCUT2D eigenvalue weighted by Gasteiger charge is -2.31. The number of rotatable bonds is 3. The molecule has 0 amide bonds. The van der Waals surface area contributed by atoms with E-state index in [0.29, 0.717) is 25.9 Å². The van der Waals surface area contributed by atoms with Crippen molar-refractivity contribution in [2.45, 2.75) is 19.8 Å². The van der Waals surface area contributed by atoms with Gasteiger partial charge < -0.3 is 10.0 Å². The molecule has 1 fully saturated rings. The minimum absolute atomic E-state index is 0.260. The summed E-state index contributed by atoms with van der Waals surface area (Å²) in [7, 11) is 0. The third kappa shape index (κ3) is 2.82. The molecule has 0 unspecified atom stereocenters. The number of aromatic nitrogens is 4. The van der Waals surface area contributed by atoms with Crippen LogP contribution in [0.25, 0.3) is 16.7 Å². The molecule has 0 radical (unpaired) electrons. The van der Waals surface area contributed by atoms with Crippen LogP contribution in [0.1, 0.15) is 18.4 Å². The Labute approximate surface area is 144 Å². The van der Waals surface area contributed by atoms with E-state index in [1.165, 1.54) is 5.56 Å². The van der Waals surface area contributed by atoms with Crippen LogP contribution in [0.2, 0.25) is 0 Å². The SMILES string of the molecule is Cc1ccc(-n2ncc3c(N4CCC(C(=O)O)CC4)ncnc32)cc1. The van der Waals surface area contributed by atoms with Crippen LogP contribution in [0.5, 0.6) is 0 Å². The summed E-state index contributed by atoms with van der Waals surface area (Å²) in [6.45, 7) is 3.41. The highest BCUT2D eigenvalue weighted by molar-refractivity contribution is 5.87. The average Bonchev–Trinajstić information content (AvgIpc) is 3.06. The van der Waals surface area contributed by atoms with Gasteiger partial charge in [-0.1, -0.05) is 17.7 Å². The highest BCUT2D eigenvalue weighted by atomic mass is 16.4. The van der Waals surface area contributed by atoms with Crippen molar-refractivity contribution in [2.75, 3.05) is 18.0 Å². The molecule has 1 aliphatic heterocycles. The highest BCUT2D eigenvalue weighted by Gasteiger charge is 2.26. The minimum atomic E-state index is -0.709. The Hall–Kier alpha value is -2.96. The zero-order chi connectivity index (χ0) is 17.4. The number of anilines is 1. The Morgan fingerprint density at radius 2 is 1.88 bits per heavy atom. The van der Waals surface area contributed by atoms with Gasteiger partial charge in [-0.2, -0.15) is 5.10 Å². The van der Waals surface area contributed by atoms with Crippen LogP contribution in [0.4, 0.5) is 5.82 Å². The lowest BCUT2D eigenvalue weighted by Crippen LogP contribution is -2.36. The van der Waals surface area contributed by atoms with E-state index in [0.717, 1.165) is 22.5 Å². The van der Waals surface area contributed by atoms with Crippen LogP contribution in [-0.2, 0) is 4.79 Å². The van der Waals surface area contributed by atoms with E-state index in [1.54, 1.807) is 12.5 Å². The molecular formula is C18H19N5O2. The van der Waals surface area contributed by atoms with Crippen molar-refractivity contribution in [1.82, 2.24) is 19.7 Å². The zero-order valence-corrected chi connectivity index (χ0v) is 14.0. The molecular weight excluding hydrogens is 318 g/mol. The number of piperidine rings is 1. The van der Waals surface area contributed by atoms with Crippen molar-refractivity contribution >= 4 is 22.8 Å². The number of hydrogen-bond donors (Lipinski definition) is 1. The number of nitrogens with zero attached hydrogens (tertiary/aromatic N) is 5. The number of benzene rings is 1. The Morgan fingerprint density at radius 3 is 2.56 bits per heavy atom. The third-order valence-corrected chi connectivity index (χ3v) is 4.77. The van der Waals surface area contributed by atoms with Gasteiger partial charge in [0.1, 0.15) is 12.1 Å². The summed E-state index contributed by atoms with van der Waals surface area (Å²) in [4.78, 5) is 22.1. The molecule has 25 heavy (non-hydrogen) atoms. The summed E-state index contributed by atoms with van der Waals surface area (Å²) in [5, 5.41) is 14.5. The first-order chi connectivity index (χ1) is 12.1. The molecule has 128 valence electrons. The van der Waals surface area contributed by atoms with Crippen molar-refractivity contribution in [1.29, 1.82) is 0 Å². The van der Waals surface area contributed by atoms with Crippen LogP contribution in [0, 0.1) is 12.8 Å². The highest BCUT2D eigenvalue weighted by Crippen LogP contribution is 2.28. The van der Waals surface area contributed by atoms with E-state index >= 15 is 0 Å². The zero-order valence-electron chi connectivity index (χ0n) is 14.0. The number of aliphatic carboxylic acids is 1. The molecule has 7 nitrogen and oxygen atoms in total. The molecule has 0 saturated carbocycles. The maximum absolute atomic E-state index is 11.1. The molecule has 1 N–H and O–H groups in total. The quantitative estimate of drug-likeness (QED) is 0.790. The lowest BCUT2D eigenvalue weighted by molar-refractivity contribution is -0.142. The van der Waals surface area contributed by atoms with Crippen LogP contribution in [0.15, 0.2) is 36.8 Å².